The first-order chi connectivity index (χ1) is 7.64. The van der Waals surface area contributed by atoms with Gasteiger partial charge in [-0.15, -0.1) is 0 Å². The number of carbonyl (C=O) groups is 1. The monoisotopic (exact) mass is 266 g/mol. The fourth-order valence-electron chi connectivity index (χ4n) is 1.36. The molecule has 0 unspecified atom stereocenters. The van der Waals surface area contributed by atoms with Crippen LogP contribution in [0.3, 0.4) is 0 Å². The summed E-state index contributed by atoms with van der Waals surface area (Å²) in [5.41, 5.74) is 5.20. The Labute approximate surface area is 103 Å². The van der Waals surface area contributed by atoms with Gasteiger partial charge in [0.05, 0.1) is 0 Å². The number of sulfonamides is 1. The third-order valence-corrected chi connectivity index (χ3v) is 4.04. The Kier molecular flexibility index (Phi) is 6.08. The molecular weight excluding hydrogens is 244 g/mol. The van der Waals surface area contributed by atoms with Crippen LogP contribution in [0.4, 0.5) is 0 Å². The minimum atomic E-state index is -3.75. The number of aliphatic carboxylic acids is 1. The third kappa shape index (κ3) is 5.99. The molecule has 0 heterocycles. The summed E-state index contributed by atoms with van der Waals surface area (Å²) in [4.78, 5) is 10.5. The van der Waals surface area contributed by atoms with Crippen LogP contribution in [0.15, 0.2) is 0 Å². The van der Waals surface area contributed by atoms with Crippen molar-refractivity contribution in [2.45, 2.75) is 27.2 Å². The van der Waals surface area contributed by atoms with Gasteiger partial charge in [-0.25, -0.2) is 12.7 Å². The van der Waals surface area contributed by atoms with E-state index in [2.05, 4.69) is 0 Å². The molecule has 0 bridgehead atoms. The molecule has 0 spiro atoms. The van der Waals surface area contributed by atoms with Crippen LogP contribution in [0.2, 0.25) is 0 Å². The first kappa shape index (κ1) is 16.3. The first-order valence-electron chi connectivity index (χ1n) is 5.54. The molecule has 17 heavy (non-hydrogen) atoms. The molecule has 0 aliphatic rings. The van der Waals surface area contributed by atoms with E-state index in [1.165, 1.54) is 4.31 Å². The number of carboxylic acids is 1. The fourth-order valence-corrected chi connectivity index (χ4v) is 2.86. The van der Waals surface area contributed by atoms with Gasteiger partial charge in [0, 0.05) is 13.1 Å². The van der Waals surface area contributed by atoms with E-state index in [9.17, 15) is 13.2 Å². The molecule has 102 valence electrons. The van der Waals surface area contributed by atoms with Crippen molar-refractivity contribution in [1.82, 2.24) is 4.31 Å². The lowest BCUT2D eigenvalue weighted by atomic mass is 9.94. The van der Waals surface area contributed by atoms with Crippen molar-refractivity contribution in [1.29, 1.82) is 0 Å². The molecule has 0 aromatic rings. The van der Waals surface area contributed by atoms with Crippen molar-refractivity contribution in [2.24, 2.45) is 11.1 Å². The average molecular weight is 266 g/mol. The van der Waals surface area contributed by atoms with E-state index in [-0.39, 0.29) is 12.0 Å². The Morgan fingerprint density at radius 1 is 1.41 bits per heavy atom. The lowest BCUT2D eigenvalue weighted by molar-refractivity contribution is -0.134. The fraction of sp³-hybridized carbons (Fsp3) is 0.900. The molecule has 0 aliphatic carbocycles. The van der Waals surface area contributed by atoms with Gasteiger partial charge in [-0.2, -0.15) is 0 Å². The average Bonchev–Trinajstić information content (AvgIpc) is 2.15. The zero-order valence-electron chi connectivity index (χ0n) is 10.6. The number of rotatable bonds is 8. The highest BCUT2D eigenvalue weighted by Gasteiger charge is 2.29. The molecule has 0 saturated carbocycles. The van der Waals surface area contributed by atoms with Crippen LogP contribution in [0.5, 0.6) is 0 Å². The molecule has 0 aromatic carbocycles. The smallest absolute Gasteiger partial charge is 0.320 e. The molecule has 3 N–H and O–H groups in total. The van der Waals surface area contributed by atoms with Gasteiger partial charge in [0.2, 0.25) is 10.0 Å². The molecule has 0 aliphatic heterocycles. The molecule has 0 saturated heterocycles. The largest absolute Gasteiger partial charge is 0.480 e. The molecule has 6 nitrogen and oxygen atoms in total. The lowest BCUT2D eigenvalue weighted by Gasteiger charge is -2.30. The minimum absolute atomic E-state index is 0.243. The Hall–Kier alpha value is -0.660. The van der Waals surface area contributed by atoms with Crippen LogP contribution in [0.1, 0.15) is 27.2 Å². The molecular formula is C10H22N2O4S. The Balaban J connectivity index is 4.91. The Bertz CT molecular complexity index is 351. The van der Waals surface area contributed by atoms with Crippen LogP contribution in [0, 0.1) is 5.41 Å². The van der Waals surface area contributed by atoms with Crippen molar-refractivity contribution in [3.05, 3.63) is 0 Å². The SMILES string of the molecule is CCCN(CC(C)(C)CN)S(=O)(=O)CC(=O)O. The van der Waals surface area contributed by atoms with E-state index < -0.39 is 21.7 Å². The van der Waals surface area contributed by atoms with E-state index in [0.29, 0.717) is 19.5 Å². The molecule has 0 atom stereocenters. The first-order valence-corrected chi connectivity index (χ1v) is 7.15. The molecule has 0 fully saturated rings. The maximum absolute atomic E-state index is 11.8. The van der Waals surface area contributed by atoms with Gasteiger partial charge >= 0.3 is 5.97 Å². The number of nitrogens with zero attached hydrogens (tertiary/aromatic N) is 1. The Morgan fingerprint density at radius 3 is 2.29 bits per heavy atom. The topological polar surface area (TPSA) is 101 Å². The van der Waals surface area contributed by atoms with Crippen LogP contribution in [0.25, 0.3) is 0 Å². The van der Waals surface area contributed by atoms with E-state index in [1.54, 1.807) is 0 Å². The van der Waals surface area contributed by atoms with Gasteiger partial charge in [-0.3, -0.25) is 4.79 Å². The second-order valence-electron chi connectivity index (χ2n) is 4.85. The summed E-state index contributed by atoms with van der Waals surface area (Å²) in [6.45, 7) is 6.46. The minimum Gasteiger partial charge on any atom is -0.480 e. The summed E-state index contributed by atoms with van der Waals surface area (Å²) >= 11 is 0. The van der Waals surface area contributed by atoms with Crippen LogP contribution < -0.4 is 5.73 Å². The number of hydrogen-bond donors (Lipinski definition) is 2. The van der Waals surface area contributed by atoms with Gasteiger partial charge in [-0.05, 0) is 18.4 Å². The van der Waals surface area contributed by atoms with Crippen molar-refractivity contribution < 1.29 is 18.3 Å². The molecule has 0 radical (unpaired) electrons. The maximum Gasteiger partial charge on any atom is 0.320 e. The normalized spacial score (nSPS) is 13.0. The number of hydrogen-bond acceptors (Lipinski definition) is 4. The zero-order chi connectivity index (χ0) is 13.7. The lowest BCUT2D eigenvalue weighted by Crippen LogP contribution is -2.44. The van der Waals surface area contributed by atoms with Crippen LogP contribution in [-0.2, 0) is 14.8 Å². The predicted octanol–water partition coefficient (Wildman–Crippen LogP) is 0.0977. The second kappa shape index (κ2) is 6.32. The van der Waals surface area contributed by atoms with Crippen molar-refractivity contribution in [3.8, 4) is 0 Å². The van der Waals surface area contributed by atoms with Gasteiger partial charge in [-0.1, -0.05) is 20.8 Å². The molecule has 0 aromatic heterocycles. The standard InChI is InChI=1S/C10H22N2O4S/c1-4-5-12(8-10(2,3)7-11)17(15,16)6-9(13)14/h4-8,11H2,1-3H3,(H,13,14). The molecule has 0 rings (SSSR count). The predicted molar refractivity (Wildman–Crippen MR) is 66.1 cm³/mol. The third-order valence-electron chi connectivity index (χ3n) is 2.33. The summed E-state index contributed by atoms with van der Waals surface area (Å²) < 4.78 is 24.9. The van der Waals surface area contributed by atoms with E-state index in [4.69, 9.17) is 10.8 Å². The summed E-state index contributed by atoms with van der Waals surface area (Å²) in [5.74, 6) is -2.20. The van der Waals surface area contributed by atoms with Crippen molar-refractivity contribution >= 4 is 16.0 Å². The van der Waals surface area contributed by atoms with E-state index in [0.717, 1.165) is 0 Å². The highest BCUT2D eigenvalue weighted by atomic mass is 32.2. The molecule has 7 heteroatoms. The van der Waals surface area contributed by atoms with Gasteiger partial charge in [0.25, 0.3) is 0 Å². The van der Waals surface area contributed by atoms with Gasteiger partial charge in [0.1, 0.15) is 0 Å². The molecule has 0 amide bonds. The summed E-state index contributed by atoms with van der Waals surface area (Å²) in [5, 5.41) is 8.59. The van der Waals surface area contributed by atoms with E-state index in [1.807, 2.05) is 20.8 Å². The summed E-state index contributed by atoms with van der Waals surface area (Å²) in [6, 6.07) is 0. The van der Waals surface area contributed by atoms with Crippen molar-refractivity contribution in [2.75, 3.05) is 25.4 Å². The van der Waals surface area contributed by atoms with Crippen LogP contribution >= 0.6 is 0 Å². The second-order valence-corrected chi connectivity index (χ2v) is 6.82. The maximum atomic E-state index is 11.8. The van der Waals surface area contributed by atoms with E-state index >= 15 is 0 Å². The highest BCUT2D eigenvalue weighted by Crippen LogP contribution is 2.17. The quantitative estimate of drug-likeness (QED) is 0.649. The zero-order valence-corrected chi connectivity index (χ0v) is 11.5. The van der Waals surface area contributed by atoms with Crippen LogP contribution in [-0.4, -0.2) is 49.2 Å². The number of carboxylic acid groups (broad SMARTS) is 1. The summed E-state index contributed by atoms with van der Waals surface area (Å²) in [7, 11) is -3.75. The Morgan fingerprint density at radius 2 is 1.94 bits per heavy atom. The number of nitrogens with two attached hydrogens (primary N) is 1. The van der Waals surface area contributed by atoms with Gasteiger partial charge in [0.15, 0.2) is 5.75 Å². The summed E-state index contributed by atoms with van der Waals surface area (Å²) in [6.07, 6.45) is 0.638. The van der Waals surface area contributed by atoms with Crippen molar-refractivity contribution in [3.63, 3.8) is 0 Å². The van der Waals surface area contributed by atoms with Gasteiger partial charge < -0.3 is 10.8 Å². The highest BCUT2D eigenvalue weighted by molar-refractivity contribution is 7.89.